The Labute approximate surface area is 101 Å². The number of nitrogens with zero attached hydrogens (tertiary/aromatic N) is 2. The molecule has 0 spiro atoms. The fourth-order valence-corrected chi connectivity index (χ4v) is 3.48. The van der Waals surface area contributed by atoms with Gasteiger partial charge >= 0.3 is 0 Å². The van der Waals surface area contributed by atoms with Crippen molar-refractivity contribution in [2.24, 2.45) is 0 Å². The van der Waals surface area contributed by atoms with E-state index >= 15 is 0 Å². The number of aromatic nitrogens is 2. The van der Waals surface area contributed by atoms with Crippen LogP contribution in [0.15, 0.2) is 23.6 Å². The molecule has 0 radical (unpaired) electrons. The summed E-state index contributed by atoms with van der Waals surface area (Å²) in [6, 6.07) is 2.65. The zero-order chi connectivity index (χ0) is 11.2. The van der Waals surface area contributed by atoms with Gasteiger partial charge in [-0.25, -0.2) is 9.97 Å². The highest BCUT2D eigenvalue weighted by Gasteiger charge is 2.25. The number of nitrogens with one attached hydrogen (secondary N) is 1. The molecule has 1 saturated carbocycles. The van der Waals surface area contributed by atoms with Gasteiger partial charge in [0.05, 0.1) is 5.03 Å². The average Bonchev–Trinajstić information content (AvgIpc) is 2.33. The van der Waals surface area contributed by atoms with Crippen molar-refractivity contribution in [1.29, 1.82) is 0 Å². The Kier molecular flexibility index (Phi) is 4.60. The zero-order valence-electron chi connectivity index (χ0n) is 9.72. The van der Waals surface area contributed by atoms with Gasteiger partial charge in [-0.05, 0) is 25.5 Å². The van der Waals surface area contributed by atoms with Crippen molar-refractivity contribution >= 4 is 11.8 Å². The molecule has 1 N–H and O–H groups in total. The van der Waals surface area contributed by atoms with E-state index in [1.165, 1.54) is 25.7 Å². The first kappa shape index (κ1) is 11.9. The van der Waals surface area contributed by atoms with Crippen LogP contribution in [0.25, 0.3) is 0 Å². The van der Waals surface area contributed by atoms with Crippen molar-refractivity contribution in [3.63, 3.8) is 0 Å². The molecule has 4 heteroatoms. The van der Waals surface area contributed by atoms with Crippen LogP contribution < -0.4 is 5.32 Å². The van der Waals surface area contributed by atoms with Crippen LogP contribution in [0.1, 0.15) is 32.6 Å². The maximum atomic E-state index is 4.29. The summed E-state index contributed by atoms with van der Waals surface area (Å²) >= 11 is 1.90. The number of hydrogen-bond donors (Lipinski definition) is 1. The molecule has 1 aromatic heterocycles. The summed E-state index contributed by atoms with van der Waals surface area (Å²) in [6.45, 7) is 3.24. The summed E-state index contributed by atoms with van der Waals surface area (Å²) in [5.41, 5.74) is 0. The molecule has 0 saturated heterocycles. The van der Waals surface area contributed by atoms with Gasteiger partial charge in [0.25, 0.3) is 0 Å². The van der Waals surface area contributed by atoms with Crippen LogP contribution in [-0.4, -0.2) is 27.8 Å². The molecular weight excluding hydrogens is 218 g/mol. The highest BCUT2D eigenvalue weighted by Crippen LogP contribution is 2.32. The minimum absolute atomic E-state index is 0.652. The normalized spacial score (nSPS) is 25.6. The molecule has 1 aliphatic rings. The van der Waals surface area contributed by atoms with Gasteiger partial charge in [0.2, 0.25) is 0 Å². The smallest absolute Gasteiger partial charge is 0.116 e. The average molecular weight is 237 g/mol. The lowest BCUT2D eigenvalue weighted by Gasteiger charge is -2.31. The van der Waals surface area contributed by atoms with Crippen LogP contribution in [0.4, 0.5) is 0 Å². The quantitative estimate of drug-likeness (QED) is 0.816. The second-order valence-corrected chi connectivity index (χ2v) is 5.41. The fraction of sp³-hybridized carbons (Fsp3) is 0.667. The third-order valence-corrected chi connectivity index (χ3v) is 4.35. The van der Waals surface area contributed by atoms with Crippen LogP contribution in [0.2, 0.25) is 0 Å². The topological polar surface area (TPSA) is 37.8 Å². The van der Waals surface area contributed by atoms with E-state index in [2.05, 4.69) is 22.2 Å². The summed E-state index contributed by atoms with van der Waals surface area (Å²) in [5, 5.41) is 5.36. The van der Waals surface area contributed by atoms with Crippen molar-refractivity contribution < 1.29 is 0 Å². The predicted octanol–water partition coefficient (Wildman–Crippen LogP) is 2.49. The fourth-order valence-electron chi connectivity index (χ4n) is 2.24. The number of hydrogen-bond acceptors (Lipinski definition) is 4. The molecule has 2 unspecified atom stereocenters. The summed E-state index contributed by atoms with van der Waals surface area (Å²) in [6.07, 6.45) is 8.76. The monoisotopic (exact) mass is 237 g/mol. The lowest BCUT2D eigenvalue weighted by molar-refractivity contribution is 0.390. The van der Waals surface area contributed by atoms with Gasteiger partial charge in [0.15, 0.2) is 0 Å². The summed E-state index contributed by atoms with van der Waals surface area (Å²) < 4.78 is 0. The lowest BCUT2D eigenvalue weighted by Crippen LogP contribution is -2.40. The molecule has 16 heavy (non-hydrogen) atoms. The molecule has 1 aliphatic carbocycles. The van der Waals surface area contributed by atoms with Crippen molar-refractivity contribution in [2.45, 2.75) is 48.9 Å². The van der Waals surface area contributed by atoms with E-state index in [1.54, 1.807) is 6.33 Å². The molecule has 2 rings (SSSR count). The third-order valence-electron chi connectivity index (χ3n) is 3.00. The van der Waals surface area contributed by atoms with Gasteiger partial charge in [0.1, 0.15) is 6.33 Å². The zero-order valence-corrected chi connectivity index (χ0v) is 10.5. The van der Waals surface area contributed by atoms with E-state index in [-0.39, 0.29) is 0 Å². The molecule has 88 valence electrons. The Hall–Kier alpha value is -0.610. The second-order valence-electron chi connectivity index (χ2n) is 4.15. The van der Waals surface area contributed by atoms with E-state index in [4.69, 9.17) is 0 Å². The van der Waals surface area contributed by atoms with Gasteiger partial charge in [-0.3, -0.25) is 0 Å². The molecule has 1 heterocycles. The Balaban J connectivity index is 1.96. The van der Waals surface area contributed by atoms with E-state index in [1.807, 2.05) is 24.0 Å². The maximum Gasteiger partial charge on any atom is 0.116 e. The maximum absolute atomic E-state index is 4.29. The first-order chi connectivity index (χ1) is 7.90. The highest BCUT2D eigenvalue weighted by molar-refractivity contribution is 7.99. The molecule has 2 atom stereocenters. The Morgan fingerprint density at radius 1 is 1.44 bits per heavy atom. The molecule has 0 amide bonds. The molecular formula is C12H19N3S. The molecule has 0 aliphatic heterocycles. The van der Waals surface area contributed by atoms with Gasteiger partial charge in [0, 0.05) is 17.5 Å². The van der Waals surface area contributed by atoms with Crippen LogP contribution >= 0.6 is 11.8 Å². The number of rotatable bonds is 4. The van der Waals surface area contributed by atoms with Crippen LogP contribution in [0.3, 0.4) is 0 Å². The molecule has 3 nitrogen and oxygen atoms in total. The first-order valence-electron chi connectivity index (χ1n) is 6.06. The van der Waals surface area contributed by atoms with Gasteiger partial charge < -0.3 is 5.32 Å². The Morgan fingerprint density at radius 3 is 3.06 bits per heavy atom. The van der Waals surface area contributed by atoms with Gasteiger partial charge in [-0.1, -0.05) is 19.8 Å². The lowest BCUT2D eigenvalue weighted by atomic mass is 9.95. The third kappa shape index (κ3) is 3.19. The van der Waals surface area contributed by atoms with Crippen LogP contribution in [0, 0.1) is 0 Å². The molecule has 1 aromatic rings. The standard InChI is InChI=1S/C12H19N3S/c1-2-14-10-5-3-4-6-11(10)16-12-7-8-13-9-15-12/h7-11,14H,2-6H2,1H3. The predicted molar refractivity (Wildman–Crippen MR) is 67.6 cm³/mol. The summed E-state index contributed by atoms with van der Waals surface area (Å²) in [5.74, 6) is 0. The molecule has 0 bridgehead atoms. The van der Waals surface area contributed by atoms with Gasteiger partial charge in [-0.15, -0.1) is 11.8 Å². The number of thioether (sulfide) groups is 1. The summed E-state index contributed by atoms with van der Waals surface area (Å²) in [7, 11) is 0. The van der Waals surface area contributed by atoms with Crippen molar-refractivity contribution in [1.82, 2.24) is 15.3 Å². The highest BCUT2D eigenvalue weighted by atomic mass is 32.2. The van der Waals surface area contributed by atoms with E-state index in [9.17, 15) is 0 Å². The van der Waals surface area contributed by atoms with E-state index < -0.39 is 0 Å². The van der Waals surface area contributed by atoms with Crippen LogP contribution in [-0.2, 0) is 0 Å². The van der Waals surface area contributed by atoms with Crippen LogP contribution in [0.5, 0.6) is 0 Å². The van der Waals surface area contributed by atoms with E-state index in [0.717, 1.165) is 11.6 Å². The Bertz CT molecular complexity index is 302. The minimum Gasteiger partial charge on any atom is -0.313 e. The Morgan fingerprint density at radius 2 is 2.31 bits per heavy atom. The first-order valence-corrected chi connectivity index (χ1v) is 6.94. The van der Waals surface area contributed by atoms with Crippen molar-refractivity contribution in [3.05, 3.63) is 18.6 Å². The van der Waals surface area contributed by atoms with Crippen molar-refractivity contribution in [2.75, 3.05) is 6.54 Å². The molecule has 0 aromatic carbocycles. The summed E-state index contributed by atoms with van der Waals surface area (Å²) in [4.78, 5) is 8.25. The minimum atomic E-state index is 0.652. The SMILES string of the molecule is CCNC1CCCCC1Sc1ccncn1. The molecule has 1 fully saturated rings. The van der Waals surface area contributed by atoms with Gasteiger partial charge in [-0.2, -0.15) is 0 Å². The van der Waals surface area contributed by atoms with Crippen molar-refractivity contribution in [3.8, 4) is 0 Å². The second kappa shape index (κ2) is 6.21. The largest absolute Gasteiger partial charge is 0.313 e. The van der Waals surface area contributed by atoms with E-state index in [0.29, 0.717) is 11.3 Å².